The summed E-state index contributed by atoms with van der Waals surface area (Å²) in [6, 6.07) is 12.5. The monoisotopic (exact) mass is 389 g/mol. The maximum atomic E-state index is 12.8. The van der Waals surface area contributed by atoms with Gasteiger partial charge < -0.3 is 10.2 Å². The van der Waals surface area contributed by atoms with Crippen molar-refractivity contribution in [2.75, 3.05) is 23.0 Å². The highest BCUT2D eigenvalue weighted by atomic mass is 32.2. The number of nitrogens with one attached hydrogen (secondary N) is 1. The van der Waals surface area contributed by atoms with Gasteiger partial charge in [0, 0.05) is 30.2 Å². The van der Waals surface area contributed by atoms with Crippen LogP contribution in [0.25, 0.3) is 0 Å². The van der Waals surface area contributed by atoms with Crippen molar-refractivity contribution >= 4 is 32.8 Å². The second-order valence-electron chi connectivity index (χ2n) is 6.38. The van der Waals surface area contributed by atoms with Gasteiger partial charge in [-0.25, -0.2) is 8.42 Å². The van der Waals surface area contributed by atoms with Crippen molar-refractivity contribution in [2.24, 2.45) is 0 Å². The van der Waals surface area contributed by atoms with Crippen LogP contribution in [0.4, 0.5) is 17.1 Å². The van der Waals surface area contributed by atoms with E-state index >= 15 is 0 Å². The van der Waals surface area contributed by atoms with Crippen molar-refractivity contribution in [1.29, 1.82) is 0 Å². The fourth-order valence-corrected chi connectivity index (χ4v) is 3.99. The minimum atomic E-state index is -3.79. The van der Waals surface area contributed by atoms with E-state index in [1.165, 1.54) is 12.1 Å². The van der Waals surface area contributed by atoms with E-state index in [0.717, 1.165) is 24.4 Å². The number of nitrogens with zero attached hydrogens (tertiary/aromatic N) is 2. The Bertz CT molecular complexity index is 976. The second-order valence-corrected chi connectivity index (χ2v) is 8.36. The van der Waals surface area contributed by atoms with Crippen LogP contribution in [0, 0.1) is 10.1 Å². The van der Waals surface area contributed by atoms with Crippen LogP contribution in [0.3, 0.4) is 0 Å². The first-order chi connectivity index (χ1) is 12.8. The molecule has 0 bridgehead atoms. The Morgan fingerprint density at radius 3 is 2.52 bits per heavy atom. The molecule has 1 aliphatic heterocycles. The van der Waals surface area contributed by atoms with Crippen LogP contribution in [0.15, 0.2) is 53.4 Å². The highest BCUT2D eigenvalue weighted by Gasteiger charge is 2.30. The predicted octanol–water partition coefficient (Wildman–Crippen LogP) is 2.61. The number of nitro benzene ring substituents is 1. The molecule has 142 valence electrons. The fraction of sp³-hybridized carbons (Fsp3) is 0.278. The van der Waals surface area contributed by atoms with Crippen LogP contribution in [0.2, 0.25) is 0 Å². The second kappa shape index (κ2) is 7.36. The van der Waals surface area contributed by atoms with Crippen LogP contribution in [0.5, 0.6) is 0 Å². The van der Waals surface area contributed by atoms with Crippen LogP contribution >= 0.6 is 0 Å². The largest absolute Gasteiger partial charge is 0.374 e. The summed E-state index contributed by atoms with van der Waals surface area (Å²) < 4.78 is 23.8. The molecule has 1 fully saturated rings. The Kier molecular flexibility index (Phi) is 5.13. The smallest absolute Gasteiger partial charge is 0.288 e. The van der Waals surface area contributed by atoms with Gasteiger partial charge in [0.1, 0.15) is 10.9 Å². The number of sulfone groups is 1. The molecule has 1 atom stereocenters. The first-order valence-corrected chi connectivity index (χ1v) is 10.3. The van der Waals surface area contributed by atoms with E-state index in [2.05, 4.69) is 5.32 Å². The van der Waals surface area contributed by atoms with Crippen molar-refractivity contribution < 1.29 is 18.1 Å². The Balaban J connectivity index is 1.86. The molecule has 0 aliphatic carbocycles. The maximum absolute atomic E-state index is 12.8. The van der Waals surface area contributed by atoms with Crippen molar-refractivity contribution in [1.82, 2.24) is 0 Å². The van der Waals surface area contributed by atoms with E-state index in [0.29, 0.717) is 18.7 Å². The number of piperidine rings is 1. The van der Waals surface area contributed by atoms with Gasteiger partial charge in [-0.05, 0) is 37.1 Å². The molecule has 0 saturated carbocycles. The average Bonchev–Trinajstić information content (AvgIpc) is 2.63. The quantitative estimate of drug-likeness (QED) is 0.622. The number of anilines is 2. The molecule has 0 aromatic heterocycles. The summed E-state index contributed by atoms with van der Waals surface area (Å²) in [5.74, 6) is -0.119. The maximum Gasteiger partial charge on any atom is 0.288 e. The fourth-order valence-electron chi connectivity index (χ4n) is 3.13. The lowest BCUT2D eigenvalue weighted by molar-refractivity contribution is -0.387. The van der Waals surface area contributed by atoms with Crippen molar-refractivity contribution in [3.05, 3.63) is 58.6 Å². The van der Waals surface area contributed by atoms with E-state index in [9.17, 15) is 23.3 Å². The average molecular weight is 389 g/mol. The molecule has 0 spiro atoms. The molecule has 1 saturated heterocycles. The molecule has 3 rings (SSSR count). The summed E-state index contributed by atoms with van der Waals surface area (Å²) in [5, 5.41) is 14.1. The number of hydrogen-bond donors (Lipinski definition) is 1. The standard InChI is InChI=1S/C18H19N3O5S/c1-27(25,26)17-12-13(9-10-16(17)21(23)24)19-15-8-5-11-20(18(15)22)14-6-3-2-4-7-14/h2-4,6-7,9-10,12,15,19H,5,8,11H2,1H3. The highest BCUT2D eigenvalue weighted by molar-refractivity contribution is 7.90. The summed E-state index contributed by atoms with van der Waals surface area (Å²) in [5.41, 5.74) is 0.674. The van der Waals surface area contributed by atoms with Gasteiger partial charge in [-0.1, -0.05) is 18.2 Å². The van der Waals surface area contributed by atoms with Crippen LogP contribution < -0.4 is 10.2 Å². The summed E-state index contributed by atoms with van der Waals surface area (Å²) in [4.78, 5) is 24.5. The number of carbonyl (C=O) groups excluding carboxylic acids is 1. The van der Waals surface area contributed by atoms with E-state index in [1.54, 1.807) is 4.90 Å². The molecule has 2 aromatic carbocycles. The van der Waals surface area contributed by atoms with Crippen LogP contribution in [0.1, 0.15) is 12.8 Å². The Morgan fingerprint density at radius 1 is 1.19 bits per heavy atom. The highest BCUT2D eigenvalue weighted by Crippen LogP contribution is 2.29. The molecule has 1 N–H and O–H groups in total. The van der Waals surface area contributed by atoms with E-state index in [-0.39, 0.29) is 10.8 Å². The lowest BCUT2D eigenvalue weighted by Crippen LogP contribution is -2.47. The van der Waals surface area contributed by atoms with E-state index < -0.39 is 26.5 Å². The van der Waals surface area contributed by atoms with Gasteiger partial charge >= 0.3 is 0 Å². The molecule has 8 nitrogen and oxygen atoms in total. The lowest BCUT2D eigenvalue weighted by Gasteiger charge is -2.33. The number of hydrogen-bond acceptors (Lipinski definition) is 6. The topological polar surface area (TPSA) is 110 Å². The third kappa shape index (κ3) is 4.08. The summed E-state index contributed by atoms with van der Waals surface area (Å²) in [6.45, 7) is 0.607. The third-order valence-electron chi connectivity index (χ3n) is 4.40. The Morgan fingerprint density at radius 2 is 1.89 bits per heavy atom. The number of nitro groups is 1. The molecule has 27 heavy (non-hydrogen) atoms. The molecule has 1 amide bonds. The van der Waals surface area contributed by atoms with E-state index in [1.807, 2.05) is 30.3 Å². The molecule has 1 unspecified atom stereocenters. The number of carbonyl (C=O) groups is 1. The van der Waals surface area contributed by atoms with Gasteiger partial charge in [0.15, 0.2) is 9.84 Å². The number of para-hydroxylation sites is 1. The van der Waals surface area contributed by atoms with Crippen molar-refractivity contribution in [2.45, 2.75) is 23.8 Å². The number of rotatable bonds is 5. The molecule has 9 heteroatoms. The van der Waals surface area contributed by atoms with Gasteiger partial charge in [0.25, 0.3) is 5.69 Å². The van der Waals surface area contributed by atoms with Crippen LogP contribution in [-0.2, 0) is 14.6 Å². The first-order valence-electron chi connectivity index (χ1n) is 8.39. The number of benzene rings is 2. The normalized spacial score (nSPS) is 17.6. The predicted molar refractivity (Wildman–Crippen MR) is 102 cm³/mol. The molecular weight excluding hydrogens is 370 g/mol. The SMILES string of the molecule is CS(=O)(=O)c1cc(NC2CCCN(c3ccccc3)C2=O)ccc1[N+](=O)[O-]. The molecule has 1 heterocycles. The van der Waals surface area contributed by atoms with Crippen LogP contribution in [-0.4, -0.2) is 38.1 Å². The van der Waals surface area contributed by atoms with E-state index in [4.69, 9.17) is 0 Å². The minimum Gasteiger partial charge on any atom is -0.374 e. The van der Waals surface area contributed by atoms with Gasteiger partial charge in [0.05, 0.1) is 4.92 Å². The first kappa shape index (κ1) is 18.8. The lowest BCUT2D eigenvalue weighted by atomic mass is 10.0. The Hall–Kier alpha value is -2.94. The zero-order valence-electron chi connectivity index (χ0n) is 14.7. The van der Waals surface area contributed by atoms with Gasteiger partial charge in [0.2, 0.25) is 5.91 Å². The zero-order chi connectivity index (χ0) is 19.6. The summed E-state index contributed by atoms with van der Waals surface area (Å²) >= 11 is 0. The third-order valence-corrected chi connectivity index (χ3v) is 5.53. The summed E-state index contributed by atoms with van der Waals surface area (Å²) in [7, 11) is -3.79. The van der Waals surface area contributed by atoms with Gasteiger partial charge in [-0.15, -0.1) is 0 Å². The van der Waals surface area contributed by atoms with Crippen molar-refractivity contribution in [3.8, 4) is 0 Å². The Labute approximate surface area is 156 Å². The van der Waals surface area contributed by atoms with Crippen molar-refractivity contribution in [3.63, 3.8) is 0 Å². The van der Waals surface area contributed by atoms with Gasteiger partial charge in [-0.3, -0.25) is 14.9 Å². The zero-order valence-corrected chi connectivity index (χ0v) is 15.5. The summed E-state index contributed by atoms with van der Waals surface area (Å²) in [6.07, 6.45) is 2.29. The molecule has 0 radical (unpaired) electrons. The number of amides is 1. The molecular formula is C18H19N3O5S. The molecule has 2 aromatic rings. The molecule has 1 aliphatic rings. The minimum absolute atomic E-state index is 0.119. The van der Waals surface area contributed by atoms with Gasteiger partial charge in [-0.2, -0.15) is 0 Å².